The highest BCUT2D eigenvalue weighted by Crippen LogP contribution is 2.31. The molecule has 5 nitrogen and oxygen atoms in total. The number of fused-ring (bicyclic) bond motifs is 1. The Morgan fingerprint density at radius 2 is 1.90 bits per heavy atom. The second kappa shape index (κ2) is 7.91. The van der Waals surface area contributed by atoms with Crippen LogP contribution in [0.25, 0.3) is 10.9 Å². The van der Waals surface area contributed by atoms with Crippen molar-refractivity contribution in [2.45, 2.75) is 38.8 Å². The summed E-state index contributed by atoms with van der Waals surface area (Å²) in [7, 11) is 1.59. The Balaban J connectivity index is 1.77. The van der Waals surface area contributed by atoms with Crippen LogP contribution >= 0.6 is 11.6 Å². The molecule has 1 amide bonds. The van der Waals surface area contributed by atoms with E-state index >= 15 is 0 Å². The van der Waals surface area contributed by atoms with Crippen molar-refractivity contribution in [2.24, 2.45) is 0 Å². The molecule has 0 radical (unpaired) electrons. The highest BCUT2D eigenvalue weighted by atomic mass is 35.5. The summed E-state index contributed by atoms with van der Waals surface area (Å²) < 4.78 is 7.41. The second-order valence-electron chi connectivity index (χ2n) is 7.49. The minimum atomic E-state index is -0.536. The molecule has 0 atom stereocenters. The first-order valence-corrected chi connectivity index (χ1v) is 10.1. The van der Waals surface area contributed by atoms with E-state index in [1.807, 2.05) is 49.4 Å². The van der Waals surface area contributed by atoms with E-state index in [4.69, 9.17) is 16.3 Å². The molecule has 4 rings (SSSR count). The highest BCUT2D eigenvalue weighted by molar-refractivity contribution is 6.45. The summed E-state index contributed by atoms with van der Waals surface area (Å²) in [5.41, 5.74) is 3.14. The maximum atomic E-state index is 13.1. The standard InChI is InChI=1S/C23H23ClN2O3/c1-14-21(22(27)23(28)25-17-4-3-5-17)19-12-18(29-2)10-11-20(19)26(14)13-15-6-8-16(24)9-7-15/h6-12,17H,3-5,13H2,1-2H3,(H,25,28). The van der Waals surface area contributed by atoms with Crippen LogP contribution in [0.1, 0.15) is 40.9 Å². The number of rotatable bonds is 6. The first-order valence-electron chi connectivity index (χ1n) is 9.74. The zero-order valence-electron chi connectivity index (χ0n) is 16.5. The highest BCUT2D eigenvalue weighted by Gasteiger charge is 2.28. The number of hydrogen-bond donors (Lipinski definition) is 1. The number of carbonyl (C=O) groups excluding carboxylic acids is 2. The van der Waals surface area contributed by atoms with E-state index in [-0.39, 0.29) is 6.04 Å². The summed E-state index contributed by atoms with van der Waals surface area (Å²) in [6, 6.07) is 13.3. The van der Waals surface area contributed by atoms with Gasteiger partial charge < -0.3 is 14.6 Å². The summed E-state index contributed by atoms with van der Waals surface area (Å²) in [4.78, 5) is 25.7. The van der Waals surface area contributed by atoms with Gasteiger partial charge in [0, 0.05) is 34.2 Å². The third-order valence-electron chi connectivity index (χ3n) is 5.66. The Hall–Kier alpha value is -2.79. The van der Waals surface area contributed by atoms with Crippen LogP contribution in [0.3, 0.4) is 0 Å². The van der Waals surface area contributed by atoms with Crippen molar-refractivity contribution in [2.75, 3.05) is 7.11 Å². The zero-order chi connectivity index (χ0) is 20.5. The van der Waals surface area contributed by atoms with Crippen molar-refractivity contribution in [1.82, 2.24) is 9.88 Å². The van der Waals surface area contributed by atoms with Crippen LogP contribution < -0.4 is 10.1 Å². The molecule has 3 aromatic rings. The van der Waals surface area contributed by atoms with Gasteiger partial charge in [0.2, 0.25) is 0 Å². The quantitative estimate of drug-likeness (QED) is 0.480. The minimum Gasteiger partial charge on any atom is -0.497 e. The largest absolute Gasteiger partial charge is 0.497 e. The number of methoxy groups -OCH3 is 1. The molecule has 0 aliphatic heterocycles. The number of carbonyl (C=O) groups is 2. The maximum Gasteiger partial charge on any atom is 0.292 e. The number of Topliss-reactive ketones (excluding diaryl/α,β-unsaturated/α-hetero) is 1. The van der Waals surface area contributed by atoms with Crippen LogP contribution in [0.4, 0.5) is 0 Å². The molecule has 0 spiro atoms. The number of benzene rings is 2. The van der Waals surface area contributed by atoms with Crippen molar-refractivity contribution in [3.63, 3.8) is 0 Å². The number of amides is 1. The number of halogens is 1. The van der Waals surface area contributed by atoms with Gasteiger partial charge in [-0.15, -0.1) is 0 Å². The molecule has 1 aliphatic carbocycles. The van der Waals surface area contributed by atoms with Gasteiger partial charge >= 0.3 is 0 Å². The van der Waals surface area contributed by atoms with Gasteiger partial charge in [0.25, 0.3) is 11.7 Å². The Morgan fingerprint density at radius 1 is 1.17 bits per heavy atom. The summed E-state index contributed by atoms with van der Waals surface area (Å²) in [6.45, 7) is 2.45. The number of nitrogens with one attached hydrogen (secondary N) is 1. The molecular formula is C23H23ClN2O3. The van der Waals surface area contributed by atoms with Gasteiger partial charge in [-0.3, -0.25) is 9.59 Å². The van der Waals surface area contributed by atoms with Crippen molar-refractivity contribution in [3.8, 4) is 5.75 Å². The van der Waals surface area contributed by atoms with E-state index < -0.39 is 11.7 Å². The number of ketones is 1. The normalized spacial score (nSPS) is 13.9. The Kier molecular flexibility index (Phi) is 5.33. The number of hydrogen-bond acceptors (Lipinski definition) is 3. The summed E-state index contributed by atoms with van der Waals surface area (Å²) in [5, 5.41) is 4.26. The molecule has 1 heterocycles. The van der Waals surface area contributed by atoms with Gasteiger partial charge in [0.1, 0.15) is 5.75 Å². The van der Waals surface area contributed by atoms with E-state index in [0.717, 1.165) is 41.4 Å². The third kappa shape index (κ3) is 3.75. The summed E-state index contributed by atoms with van der Waals surface area (Å²) in [5.74, 6) is -0.386. The molecule has 150 valence electrons. The SMILES string of the molecule is COc1ccc2c(c1)c(C(=O)C(=O)NC1CCC1)c(C)n2Cc1ccc(Cl)cc1. The number of ether oxygens (including phenoxy) is 1. The van der Waals surface area contributed by atoms with Gasteiger partial charge in [-0.25, -0.2) is 0 Å². The van der Waals surface area contributed by atoms with Crippen LogP contribution in [-0.4, -0.2) is 29.4 Å². The van der Waals surface area contributed by atoms with Gasteiger partial charge in [-0.05, 0) is 62.1 Å². The molecule has 6 heteroatoms. The first-order chi connectivity index (χ1) is 14.0. The van der Waals surface area contributed by atoms with Crippen molar-refractivity contribution in [1.29, 1.82) is 0 Å². The maximum absolute atomic E-state index is 13.1. The predicted molar refractivity (Wildman–Crippen MR) is 114 cm³/mol. The van der Waals surface area contributed by atoms with E-state index in [9.17, 15) is 9.59 Å². The Labute approximate surface area is 174 Å². The van der Waals surface area contributed by atoms with E-state index in [1.165, 1.54) is 0 Å². The first kappa shape index (κ1) is 19.5. The van der Waals surface area contributed by atoms with Crippen LogP contribution in [0, 0.1) is 6.92 Å². The number of aromatic nitrogens is 1. The molecule has 1 aromatic heterocycles. The molecule has 1 fully saturated rings. The lowest BCUT2D eigenvalue weighted by molar-refractivity contribution is -0.118. The zero-order valence-corrected chi connectivity index (χ0v) is 17.3. The molecule has 1 N–H and O–H groups in total. The monoisotopic (exact) mass is 410 g/mol. The summed E-state index contributed by atoms with van der Waals surface area (Å²) >= 11 is 6.00. The van der Waals surface area contributed by atoms with Gasteiger partial charge in [0.15, 0.2) is 0 Å². The fourth-order valence-corrected chi connectivity index (χ4v) is 3.89. The molecule has 1 saturated carbocycles. The van der Waals surface area contributed by atoms with Crippen molar-refractivity contribution < 1.29 is 14.3 Å². The molecule has 2 aromatic carbocycles. The molecule has 0 bridgehead atoms. The average Bonchev–Trinajstić information content (AvgIpc) is 2.96. The minimum absolute atomic E-state index is 0.115. The van der Waals surface area contributed by atoms with Crippen LogP contribution in [0.15, 0.2) is 42.5 Å². The molecular weight excluding hydrogens is 388 g/mol. The third-order valence-corrected chi connectivity index (χ3v) is 5.91. The van der Waals surface area contributed by atoms with E-state index in [0.29, 0.717) is 22.9 Å². The van der Waals surface area contributed by atoms with Crippen LogP contribution in [-0.2, 0) is 11.3 Å². The van der Waals surface area contributed by atoms with E-state index in [2.05, 4.69) is 9.88 Å². The van der Waals surface area contributed by atoms with Crippen LogP contribution in [0.2, 0.25) is 5.02 Å². The molecule has 1 aliphatic rings. The number of nitrogens with zero attached hydrogens (tertiary/aromatic N) is 1. The average molecular weight is 411 g/mol. The lowest BCUT2D eigenvalue weighted by atomic mass is 9.93. The van der Waals surface area contributed by atoms with E-state index in [1.54, 1.807) is 7.11 Å². The Morgan fingerprint density at radius 3 is 2.52 bits per heavy atom. The molecule has 29 heavy (non-hydrogen) atoms. The lowest BCUT2D eigenvalue weighted by Gasteiger charge is -2.25. The summed E-state index contributed by atoms with van der Waals surface area (Å²) in [6.07, 6.45) is 2.96. The van der Waals surface area contributed by atoms with Gasteiger partial charge in [0.05, 0.1) is 12.7 Å². The fourth-order valence-electron chi connectivity index (χ4n) is 3.77. The topological polar surface area (TPSA) is 60.3 Å². The lowest BCUT2D eigenvalue weighted by Crippen LogP contribution is -2.43. The smallest absolute Gasteiger partial charge is 0.292 e. The Bertz CT molecular complexity index is 1080. The van der Waals surface area contributed by atoms with Gasteiger partial charge in [-0.2, -0.15) is 0 Å². The van der Waals surface area contributed by atoms with Gasteiger partial charge in [-0.1, -0.05) is 23.7 Å². The second-order valence-corrected chi connectivity index (χ2v) is 7.92. The fraction of sp³-hybridized carbons (Fsp3) is 0.304. The van der Waals surface area contributed by atoms with Crippen molar-refractivity contribution in [3.05, 3.63) is 64.3 Å². The van der Waals surface area contributed by atoms with Crippen molar-refractivity contribution >= 4 is 34.2 Å². The predicted octanol–water partition coefficient (Wildman–Crippen LogP) is 4.51. The van der Waals surface area contributed by atoms with Crippen LogP contribution in [0.5, 0.6) is 5.75 Å². The molecule has 0 saturated heterocycles. The molecule has 0 unspecified atom stereocenters.